The topological polar surface area (TPSA) is 0 Å². The first kappa shape index (κ1) is 10.5. The van der Waals surface area contributed by atoms with Gasteiger partial charge in [0.1, 0.15) is 5.82 Å². The predicted octanol–water partition coefficient (Wildman–Crippen LogP) is 3.91. The van der Waals surface area contributed by atoms with Gasteiger partial charge in [0.25, 0.3) is 0 Å². The minimum atomic E-state index is -0.119. The van der Waals surface area contributed by atoms with Crippen molar-refractivity contribution >= 4 is 11.6 Å². The number of alkyl halides is 1. The van der Waals surface area contributed by atoms with E-state index in [1.807, 2.05) is 6.07 Å². The molecular formula is C11H14ClF. The lowest BCUT2D eigenvalue weighted by atomic mass is 10.0. The summed E-state index contributed by atoms with van der Waals surface area (Å²) in [6.45, 7) is 2.10. The fourth-order valence-corrected chi connectivity index (χ4v) is 1.61. The largest absolute Gasteiger partial charge is 0.207 e. The maximum absolute atomic E-state index is 13.3. The molecule has 0 fully saturated rings. The summed E-state index contributed by atoms with van der Waals surface area (Å²) in [5, 5.41) is 0. The lowest BCUT2D eigenvalue weighted by Gasteiger charge is -2.07. The highest BCUT2D eigenvalue weighted by atomic mass is 35.5. The fraction of sp³-hybridized carbons (Fsp3) is 0.455. The van der Waals surface area contributed by atoms with Gasteiger partial charge in [0.2, 0.25) is 0 Å². The van der Waals surface area contributed by atoms with Gasteiger partial charge in [0.15, 0.2) is 0 Å². The first-order chi connectivity index (χ1) is 6.29. The molecule has 13 heavy (non-hydrogen) atoms. The van der Waals surface area contributed by atoms with Crippen LogP contribution in [-0.4, -0.2) is 0 Å². The van der Waals surface area contributed by atoms with Crippen LogP contribution in [0.3, 0.4) is 0 Å². The molecule has 0 amide bonds. The molecule has 0 saturated carbocycles. The molecule has 0 nitrogen and oxygen atoms in total. The summed E-state index contributed by atoms with van der Waals surface area (Å²) in [5.41, 5.74) is 1.72. The first-order valence-electron chi connectivity index (χ1n) is 4.61. The van der Waals surface area contributed by atoms with Gasteiger partial charge in [-0.2, -0.15) is 0 Å². The fourth-order valence-electron chi connectivity index (χ4n) is 1.36. The highest BCUT2D eigenvalue weighted by molar-refractivity contribution is 6.17. The molecule has 0 aromatic heterocycles. The van der Waals surface area contributed by atoms with E-state index in [-0.39, 0.29) is 5.82 Å². The van der Waals surface area contributed by atoms with Crippen molar-refractivity contribution in [1.82, 2.24) is 0 Å². The lowest BCUT2D eigenvalue weighted by Crippen LogP contribution is -1.96. The van der Waals surface area contributed by atoms with E-state index >= 15 is 0 Å². The molecule has 0 aliphatic carbocycles. The van der Waals surface area contributed by atoms with Gasteiger partial charge in [-0.1, -0.05) is 25.5 Å². The van der Waals surface area contributed by atoms with Gasteiger partial charge in [-0.3, -0.25) is 0 Å². The van der Waals surface area contributed by atoms with Crippen molar-refractivity contribution in [2.75, 3.05) is 0 Å². The van der Waals surface area contributed by atoms with Crippen LogP contribution >= 0.6 is 11.6 Å². The standard InChI is InChI=1S/C11H14ClF/c1-2-3-6-10-9(8-12)5-4-7-11(10)13/h4-5,7H,2-3,6,8H2,1H3. The highest BCUT2D eigenvalue weighted by Crippen LogP contribution is 2.17. The Balaban J connectivity index is 2.87. The number of unbranched alkanes of at least 4 members (excludes halogenated alkanes) is 1. The van der Waals surface area contributed by atoms with Crippen molar-refractivity contribution in [2.24, 2.45) is 0 Å². The van der Waals surface area contributed by atoms with E-state index in [1.165, 1.54) is 6.07 Å². The van der Waals surface area contributed by atoms with Crippen LogP contribution < -0.4 is 0 Å². The Morgan fingerprint density at radius 2 is 2.15 bits per heavy atom. The third kappa shape index (κ3) is 2.70. The Bertz CT molecular complexity index is 271. The molecule has 1 aromatic rings. The number of benzene rings is 1. The van der Waals surface area contributed by atoms with E-state index in [0.717, 1.165) is 30.4 Å². The number of halogens is 2. The van der Waals surface area contributed by atoms with E-state index < -0.39 is 0 Å². The van der Waals surface area contributed by atoms with Crippen LogP contribution in [0.2, 0.25) is 0 Å². The maximum atomic E-state index is 13.3. The zero-order valence-corrected chi connectivity index (χ0v) is 8.57. The highest BCUT2D eigenvalue weighted by Gasteiger charge is 2.06. The molecule has 0 radical (unpaired) electrons. The van der Waals surface area contributed by atoms with E-state index in [2.05, 4.69) is 6.92 Å². The van der Waals surface area contributed by atoms with Gasteiger partial charge in [0.05, 0.1) is 0 Å². The summed E-state index contributed by atoms with van der Waals surface area (Å²) in [7, 11) is 0. The summed E-state index contributed by atoms with van der Waals surface area (Å²) < 4.78 is 13.3. The SMILES string of the molecule is CCCCc1c(F)cccc1CCl. The maximum Gasteiger partial charge on any atom is 0.126 e. The molecule has 0 N–H and O–H groups in total. The molecule has 0 atom stereocenters. The smallest absolute Gasteiger partial charge is 0.126 e. The van der Waals surface area contributed by atoms with Crippen LogP contribution in [-0.2, 0) is 12.3 Å². The van der Waals surface area contributed by atoms with E-state index in [0.29, 0.717) is 5.88 Å². The van der Waals surface area contributed by atoms with Crippen molar-refractivity contribution in [3.05, 3.63) is 35.1 Å². The summed E-state index contributed by atoms with van der Waals surface area (Å²) in [6.07, 6.45) is 2.89. The van der Waals surface area contributed by atoms with Crippen molar-refractivity contribution in [3.63, 3.8) is 0 Å². The predicted molar refractivity (Wildman–Crippen MR) is 54.6 cm³/mol. The van der Waals surface area contributed by atoms with Gasteiger partial charge in [-0.15, -0.1) is 11.6 Å². The number of hydrogen-bond acceptors (Lipinski definition) is 0. The zero-order chi connectivity index (χ0) is 9.68. The molecule has 0 bridgehead atoms. The summed E-state index contributed by atoms with van der Waals surface area (Å²) >= 11 is 5.72. The van der Waals surface area contributed by atoms with Crippen molar-refractivity contribution in [1.29, 1.82) is 0 Å². The van der Waals surface area contributed by atoms with Crippen LogP contribution in [0.25, 0.3) is 0 Å². The number of rotatable bonds is 4. The van der Waals surface area contributed by atoms with Gasteiger partial charge in [-0.05, 0) is 30.0 Å². The molecular weight excluding hydrogens is 187 g/mol. The Morgan fingerprint density at radius 3 is 2.77 bits per heavy atom. The molecule has 1 aromatic carbocycles. The summed E-state index contributed by atoms with van der Waals surface area (Å²) in [4.78, 5) is 0. The normalized spacial score (nSPS) is 10.4. The molecule has 0 saturated heterocycles. The molecule has 2 heteroatoms. The van der Waals surface area contributed by atoms with E-state index in [9.17, 15) is 4.39 Å². The van der Waals surface area contributed by atoms with Gasteiger partial charge >= 0.3 is 0 Å². The first-order valence-corrected chi connectivity index (χ1v) is 5.15. The number of hydrogen-bond donors (Lipinski definition) is 0. The quantitative estimate of drug-likeness (QED) is 0.647. The van der Waals surface area contributed by atoms with E-state index in [1.54, 1.807) is 6.07 Å². The molecule has 0 unspecified atom stereocenters. The minimum Gasteiger partial charge on any atom is -0.207 e. The van der Waals surface area contributed by atoms with Crippen LogP contribution in [0.15, 0.2) is 18.2 Å². The van der Waals surface area contributed by atoms with Crippen molar-refractivity contribution < 1.29 is 4.39 Å². The molecule has 0 aliphatic heterocycles. The third-order valence-electron chi connectivity index (χ3n) is 2.14. The van der Waals surface area contributed by atoms with E-state index in [4.69, 9.17) is 11.6 Å². The summed E-state index contributed by atoms with van der Waals surface area (Å²) in [6, 6.07) is 5.10. The molecule has 1 rings (SSSR count). The van der Waals surface area contributed by atoms with Crippen LogP contribution in [0.4, 0.5) is 4.39 Å². The Hall–Kier alpha value is -0.560. The van der Waals surface area contributed by atoms with Crippen molar-refractivity contribution in [2.45, 2.75) is 32.1 Å². The zero-order valence-electron chi connectivity index (χ0n) is 7.82. The molecule has 0 aliphatic rings. The average molecular weight is 201 g/mol. The third-order valence-corrected chi connectivity index (χ3v) is 2.43. The average Bonchev–Trinajstić information content (AvgIpc) is 2.15. The summed E-state index contributed by atoms with van der Waals surface area (Å²) in [5.74, 6) is 0.281. The van der Waals surface area contributed by atoms with Crippen molar-refractivity contribution in [3.8, 4) is 0 Å². The Labute approximate surface area is 83.7 Å². The molecule has 0 heterocycles. The molecule has 0 spiro atoms. The second-order valence-corrected chi connectivity index (χ2v) is 3.38. The Kier molecular flexibility index (Phi) is 4.23. The lowest BCUT2D eigenvalue weighted by molar-refractivity contribution is 0.600. The molecule has 72 valence electrons. The minimum absolute atomic E-state index is 0.119. The Morgan fingerprint density at radius 1 is 1.38 bits per heavy atom. The van der Waals surface area contributed by atoms with Crippen LogP contribution in [0.5, 0.6) is 0 Å². The van der Waals surface area contributed by atoms with Gasteiger partial charge in [0, 0.05) is 5.88 Å². The monoisotopic (exact) mass is 200 g/mol. The van der Waals surface area contributed by atoms with Gasteiger partial charge < -0.3 is 0 Å². The van der Waals surface area contributed by atoms with Crippen LogP contribution in [0.1, 0.15) is 30.9 Å². The second-order valence-electron chi connectivity index (χ2n) is 3.11. The second kappa shape index (κ2) is 5.23. The van der Waals surface area contributed by atoms with Crippen LogP contribution in [0, 0.1) is 5.82 Å². The van der Waals surface area contributed by atoms with Gasteiger partial charge in [-0.25, -0.2) is 4.39 Å².